The lowest BCUT2D eigenvalue weighted by Gasteiger charge is -2.29. The van der Waals surface area contributed by atoms with Crippen molar-refractivity contribution >= 4 is 71.7 Å². The van der Waals surface area contributed by atoms with Crippen molar-refractivity contribution in [3.8, 4) is 0 Å². The molecule has 0 radical (unpaired) electrons. The number of H-pyrrole nitrogens is 1. The third-order valence-electron chi connectivity index (χ3n) is 7.23. The molecule has 4 aromatic rings. The zero-order valence-electron chi connectivity index (χ0n) is 22.3. The number of nitrogens with one attached hydrogen (secondary N) is 1. The van der Waals surface area contributed by atoms with Gasteiger partial charge in [-0.1, -0.05) is 12.2 Å². The van der Waals surface area contributed by atoms with Gasteiger partial charge < -0.3 is 30.4 Å². The van der Waals surface area contributed by atoms with Crippen LogP contribution in [0, 0.1) is 0 Å². The van der Waals surface area contributed by atoms with Gasteiger partial charge in [0.1, 0.15) is 36.3 Å². The molecule has 45 heavy (non-hydrogen) atoms. The number of thiol groups is 1. The van der Waals surface area contributed by atoms with Gasteiger partial charge in [-0.15, -0.1) is 0 Å². The molecule has 3 aliphatic rings. The fourth-order valence-corrected chi connectivity index (χ4v) is 8.16. The third-order valence-corrected chi connectivity index (χ3v) is 10.4. The number of ether oxygens (including phenoxy) is 2. The molecule has 0 aliphatic carbocycles. The number of hydrogen-bond donors (Lipinski definition) is 5. The van der Waals surface area contributed by atoms with Crippen molar-refractivity contribution in [3.63, 3.8) is 0 Å². The van der Waals surface area contributed by atoms with E-state index in [-0.39, 0.29) is 34.1 Å². The van der Waals surface area contributed by atoms with Gasteiger partial charge in [0.05, 0.1) is 25.9 Å². The molecular formula is C20H22F2N10O9P2S2. The summed E-state index contributed by atoms with van der Waals surface area (Å²) in [5.41, 5.74) is 10.8. The minimum Gasteiger partial charge on any atom is -0.382 e. The van der Waals surface area contributed by atoms with Crippen molar-refractivity contribution in [2.45, 2.75) is 49.2 Å². The highest BCUT2D eigenvalue weighted by molar-refractivity contribution is 8.44. The maximum absolute atomic E-state index is 16.0. The molecular weight excluding hydrogens is 688 g/mol. The number of aromatic nitrogens is 8. The number of alkyl halides is 2. The highest BCUT2D eigenvalue weighted by Crippen LogP contribution is 2.58. The molecule has 7 heterocycles. The number of fused-ring (bicyclic) bond motifs is 4. The second kappa shape index (κ2) is 11.2. The largest absolute Gasteiger partial charge is 0.386 e. The van der Waals surface area contributed by atoms with Gasteiger partial charge in [-0.3, -0.25) is 32.5 Å². The number of anilines is 2. The molecule has 3 unspecified atom stereocenters. The number of nitrogens with two attached hydrogens (primary N) is 2. The monoisotopic (exact) mass is 710 g/mol. The standard InChI is InChI=1S/C20H22F2N10O9P2S2/c21-8-12-6(38-18(8)31-4-27-10-14(23)25-3-26-15(10)31)1-36-43(35,45)41-13-7(2-37-42(34,44)40-12)39-19(9(13)22)32-5-28-11-16(32)29-20(24)30-17(11)33/h3-9,12-13,18-19H,1-2H2,(H,34,44)(H,35,45)(H2,23,25,26)(H3,24,29,30,33)/t6?,7-,8-,9-,12-,13-,18-,19-,42?,43?/m1/s1. The van der Waals surface area contributed by atoms with E-state index in [1.54, 1.807) is 0 Å². The molecule has 6 N–H and O–H groups in total. The van der Waals surface area contributed by atoms with Crippen LogP contribution in [0.1, 0.15) is 12.5 Å². The van der Waals surface area contributed by atoms with Crippen molar-refractivity contribution in [1.29, 1.82) is 0 Å². The van der Waals surface area contributed by atoms with Crippen LogP contribution in [0.5, 0.6) is 0 Å². The Morgan fingerprint density at radius 1 is 0.956 bits per heavy atom. The Morgan fingerprint density at radius 2 is 1.56 bits per heavy atom. The summed E-state index contributed by atoms with van der Waals surface area (Å²) in [5, 5.41) is 0. The summed E-state index contributed by atoms with van der Waals surface area (Å²) < 4.78 is 81.1. The fourth-order valence-electron chi connectivity index (χ4n) is 5.25. The average molecular weight is 711 g/mol. The molecule has 0 saturated carbocycles. The summed E-state index contributed by atoms with van der Waals surface area (Å²) >= 11 is 9.11. The van der Waals surface area contributed by atoms with Crippen molar-refractivity contribution in [3.05, 3.63) is 29.3 Å². The zero-order valence-corrected chi connectivity index (χ0v) is 25.8. The molecule has 4 aromatic heterocycles. The van der Waals surface area contributed by atoms with E-state index >= 15 is 8.78 Å². The first-order valence-corrected chi connectivity index (χ1v) is 18.2. The fraction of sp³-hybridized carbons (Fsp3) is 0.500. The number of aromatic amines is 1. The minimum atomic E-state index is -4.43. The molecule has 242 valence electrons. The third kappa shape index (κ3) is 5.54. The van der Waals surface area contributed by atoms with Crippen LogP contribution < -0.4 is 17.0 Å². The predicted molar refractivity (Wildman–Crippen MR) is 155 cm³/mol. The number of nitrogen functional groups attached to an aromatic ring is 2. The molecule has 25 heteroatoms. The van der Waals surface area contributed by atoms with E-state index in [0.717, 1.165) is 17.2 Å². The number of imidazole rings is 2. The lowest BCUT2D eigenvalue weighted by molar-refractivity contribution is -0.0564. The lowest BCUT2D eigenvalue weighted by Crippen LogP contribution is -2.37. The van der Waals surface area contributed by atoms with Crippen LogP contribution in [-0.4, -0.2) is 93.9 Å². The van der Waals surface area contributed by atoms with Gasteiger partial charge in [-0.2, -0.15) is 4.98 Å². The molecule has 0 bridgehead atoms. The average Bonchev–Trinajstić information content (AvgIpc) is 3.72. The van der Waals surface area contributed by atoms with Gasteiger partial charge in [0, 0.05) is 0 Å². The Bertz CT molecular complexity index is 1950. The molecule has 19 nitrogen and oxygen atoms in total. The summed E-state index contributed by atoms with van der Waals surface area (Å²) in [5.74, 6) is -0.220. The Morgan fingerprint density at radius 3 is 2.24 bits per heavy atom. The van der Waals surface area contributed by atoms with Crippen LogP contribution in [0.3, 0.4) is 0 Å². The van der Waals surface area contributed by atoms with Gasteiger partial charge in [0.2, 0.25) is 5.95 Å². The SMILES string of the molecule is Nc1nc2c(ncn2[C@@H]2O[C@@H]3COP(O)(=S)O[C@@H]4C(COP(=O)(S)O[C@H]3[C@H]2F)O[C@@H](n2cnc3c(N)ncnc32)[C@@H]4F)c(=O)[nH]1. The van der Waals surface area contributed by atoms with Gasteiger partial charge in [-0.25, -0.2) is 33.3 Å². The Labute approximate surface area is 259 Å². The molecule has 3 fully saturated rings. The molecule has 0 spiro atoms. The zero-order chi connectivity index (χ0) is 31.8. The van der Waals surface area contributed by atoms with E-state index < -0.39 is 81.5 Å². The molecule has 3 aliphatic heterocycles. The van der Waals surface area contributed by atoms with Crippen LogP contribution in [0.25, 0.3) is 22.3 Å². The molecule has 7 rings (SSSR count). The highest BCUT2D eigenvalue weighted by Gasteiger charge is 2.54. The van der Waals surface area contributed by atoms with E-state index in [4.69, 9.17) is 50.8 Å². The van der Waals surface area contributed by atoms with Gasteiger partial charge >= 0.3 is 13.5 Å². The normalized spacial score (nSPS) is 37.7. The first-order chi connectivity index (χ1) is 21.3. The van der Waals surface area contributed by atoms with Crippen molar-refractivity contribution < 1.29 is 45.8 Å². The second-order valence-electron chi connectivity index (χ2n) is 10.0. The van der Waals surface area contributed by atoms with E-state index in [9.17, 15) is 14.3 Å². The first-order valence-electron chi connectivity index (χ1n) is 12.9. The maximum Gasteiger partial charge on any atom is 0.386 e. The predicted octanol–water partition coefficient (Wildman–Crippen LogP) is 0.667. The van der Waals surface area contributed by atoms with E-state index in [1.807, 2.05) is 0 Å². The maximum atomic E-state index is 16.0. The van der Waals surface area contributed by atoms with Gasteiger partial charge in [-0.05, 0) is 11.8 Å². The van der Waals surface area contributed by atoms with Crippen LogP contribution >= 0.6 is 25.8 Å². The van der Waals surface area contributed by atoms with Crippen LogP contribution in [-0.2, 0) is 43.9 Å². The molecule has 0 aromatic carbocycles. The van der Waals surface area contributed by atoms with Crippen molar-refractivity contribution in [1.82, 2.24) is 39.0 Å². The van der Waals surface area contributed by atoms with Crippen molar-refractivity contribution in [2.75, 3.05) is 24.7 Å². The number of rotatable bonds is 2. The lowest BCUT2D eigenvalue weighted by atomic mass is 10.1. The topological polar surface area (TPSA) is 252 Å². The smallest absolute Gasteiger partial charge is 0.382 e. The van der Waals surface area contributed by atoms with E-state index in [1.165, 1.54) is 10.9 Å². The Kier molecular flexibility index (Phi) is 7.72. The Hall–Kier alpha value is -2.69. The number of nitrogens with zero attached hydrogens (tertiary/aromatic N) is 7. The molecule has 0 amide bonds. The van der Waals surface area contributed by atoms with Gasteiger partial charge in [0.15, 0.2) is 47.4 Å². The molecule has 10 atom stereocenters. The second-order valence-corrected chi connectivity index (χ2v) is 15.7. The highest BCUT2D eigenvalue weighted by atomic mass is 32.7. The van der Waals surface area contributed by atoms with Gasteiger partial charge in [0.25, 0.3) is 5.56 Å². The quantitative estimate of drug-likeness (QED) is 0.142. The summed E-state index contributed by atoms with van der Waals surface area (Å²) in [6.07, 6.45) is -9.74. The Balaban J connectivity index is 1.17. The van der Waals surface area contributed by atoms with Crippen LogP contribution in [0.4, 0.5) is 20.5 Å². The van der Waals surface area contributed by atoms with Crippen molar-refractivity contribution in [2.24, 2.45) is 0 Å². The number of halogens is 2. The van der Waals surface area contributed by atoms with Crippen LogP contribution in [0.2, 0.25) is 0 Å². The van der Waals surface area contributed by atoms with E-state index in [2.05, 4.69) is 42.2 Å². The summed E-state index contributed by atoms with van der Waals surface area (Å²) in [4.78, 5) is 45.3. The molecule has 3 saturated heterocycles. The first kappa shape index (κ1) is 30.9. The summed E-state index contributed by atoms with van der Waals surface area (Å²) in [7, 11) is 0. The summed E-state index contributed by atoms with van der Waals surface area (Å²) in [6.45, 7) is -10.1. The minimum absolute atomic E-state index is 0.0436. The summed E-state index contributed by atoms with van der Waals surface area (Å²) in [6, 6.07) is 0. The number of hydrogen-bond acceptors (Lipinski definition) is 16. The van der Waals surface area contributed by atoms with E-state index in [0.29, 0.717) is 0 Å². The van der Waals surface area contributed by atoms with Crippen LogP contribution in [0.15, 0.2) is 23.8 Å².